The molecule has 0 aliphatic rings. The van der Waals surface area contributed by atoms with Gasteiger partial charge in [0.15, 0.2) is 0 Å². The average Bonchev–Trinajstić information content (AvgIpc) is 3.45. The van der Waals surface area contributed by atoms with Crippen LogP contribution in [0.2, 0.25) is 0 Å². The highest BCUT2D eigenvalue weighted by Crippen LogP contribution is 2.11. The number of nitrogens with zero attached hydrogens (tertiary/aromatic N) is 5. The van der Waals surface area contributed by atoms with Gasteiger partial charge in [0.2, 0.25) is 11.8 Å². The van der Waals surface area contributed by atoms with Crippen molar-refractivity contribution < 1.29 is 23.9 Å². The molecule has 0 bridgehead atoms. The van der Waals surface area contributed by atoms with Crippen LogP contribution in [0.5, 0.6) is 0 Å². The number of urea groups is 1. The minimum Gasteiger partial charge on any atom is -0.452 e. The molecule has 0 atom stereocenters. The van der Waals surface area contributed by atoms with E-state index in [4.69, 9.17) is 4.74 Å². The molecule has 222 valence electrons. The van der Waals surface area contributed by atoms with Crippen LogP contribution in [-0.4, -0.2) is 68.6 Å². The molecule has 11 heteroatoms. The van der Waals surface area contributed by atoms with E-state index in [1.165, 1.54) is 16.5 Å². The van der Waals surface area contributed by atoms with Crippen LogP contribution in [0.3, 0.4) is 0 Å². The minimum atomic E-state index is -0.666. The Hall–Kier alpha value is -3.50. The molecule has 3 amide bonds. The van der Waals surface area contributed by atoms with E-state index >= 15 is 0 Å². The fourth-order valence-corrected chi connectivity index (χ4v) is 4.66. The summed E-state index contributed by atoms with van der Waals surface area (Å²) in [7, 11) is 1.27. The topological polar surface area (TPSA) is 128 Å². The first-order chi connectivity index (χ1) is 19.1. The Kier molecular flexibility index (Phi) is 14.1. The first-order valence-electron chi connectivity index (χ1n) is 14.4. The Balaban J connectivity index is 1.54. The molecular formula is C29H46N6O5. The van der Waals surface area contributed by atoms with Crippen LogP contribution in [-0.2, 0) is 4.74 Å². The number of methoxy groups -OCH3 is 1. The van der Waals surface area contributed by atoms with E-state index in [0.29, 0.717) is 25.8 Å². The number of carbonyl (C=O) groups excluding carboxylic acids is 4. The van der Waals surface area contributed by atoms with Crippen molar-refractivity contribution in [1.29, 1.82) is 0 Å². The summed E-state index contributed by atoms with van der Waals surface area (Å²) < 4.78 is 7.73. The summed E-state index contributed by atoms with van der Waals surface area (Å²) in [5.41, 5.74) is 3.39. The van der Waals surface area contributed by atoms with Crippen molar-refractivity contribution in [2.45, 2.75) is 105 Å². The second kappa shape index (κ2) is 17.2. The molecule has 0 aliphatic carbocycles. The third kappa shape index (κ3) is 10.9. The van der Waals surface area contributed by atoms with E-state index in [1.54, 1.807) is 0 Å². The Morgan fingerprint density at radius 3 is 1.62 bits per heavy atom. The lowest BCUT2D eigenvalue weighted by Gasteiger charge is -2.19. The maximum absolute atomic E-state index is 12.5. The van der Waals surface area contributed by atoms with E-state index in [9.17, 15) is 19.2 Å². The third-order valence-electron chi connectivity index (χ3n) is 6.75. The zero-order valence-corrected chi connectivity index (χ0v) is 24.8. The van der Waals surface area contributed by atoms with Crippen LogP contribution < -0.4 is 5.32 Å². The van der Waals surface area contributed by atoms with Gasteiger partial charge >= 0.3 is 12.1 Å². The van der Waals surface area contributed by atoms with Crippen LogP contribution in [0.4, 0.5) is 9.59 Å². The van der Waals surface area contributed by atoms with Crippen molar-refractivity contribution in [3.05, 3.63) is 34.9 Å². The summed E-state index contributed by atoms with van der Waals surface area (Å²) >= 11 is 0. The molecule has 1 N–H and O–H groups in total. The number of nitrogens with one attached hydrogen (secondary N) is 1. The van der Waals surface area contributed by atoms with Crippen LogP contribution in [0, 0.1) is 27.7 Å². The van der Waals surface area contributed by atoms with E-state index < -0.39 is 12.1 Å². The third-order valence-corrected chi connectivity index (χ3v) is 6.75. The zero-order valence-electron chi connectivity index (χ0n) is 24.8. The second-order valence-corrected chi connectivity index (χ2v) is 10.4. The SMILES string of the molecule is COC(=O)N(CCCCCCCC(=O)n1nc(C)cc1C)C(=O)NCCCCCCCC(=O)n1nc(C)cc1C. The van der Waals surface area contributed by atoms with Gasteiger partial charge in [-0.3, -0.25) is 9.59 Å². The van der Waals surface area contributed by atoms with Crippen molar-refractivity contribution in [2.24, 2.45) is 0 Å². The maximum Gasteiger partial charge on any atom is 0.417 e. The monoisotopic (exact) mass is 558 g/mol. The van der Waals surface area contributed by atoms with Crippen LogP contribution in [0.25, 0.3) is 0 Å². The van der Waals surface area contributed by atoms with Crippen LogP contribution in [0.1, 0.15) is 109 Å². The highest BCUT2D eigenvalue weighted by Gasteiger charge is 2.21. The summed E-state index contributed by atoms with van der Waals surface area (Å²) in [5.74, 6) is 0.0242. The van der Waals surface area contributed by atoms with E-state index in [2.05, 4.69) is 15.5 Å². The number of amides is 3. The largest absolute Gasteiger partial charge is 0.452 e. The predicted octanol–water partition coefficient (Wildman–Crippen LogP) is 5.75. The fraction of sp³-hybridized carbons (Fsp3) is 0.655. The summed E-state index contributed by atoms with van der Waals surface area (Å²) in [6, 6.07) is 3.34. The lowest BCUT2D eigenvalue weighted by Crippen LogP contribution is -2.44. The van der Waals surface area contributed by atoms with Gasteiger partial charge in [-0.15, -0.1) is 0 Å². The number of hydrogen-bond donors (Lipinski definition) is 1. The molecule has 2 aromatic rings. The molecule has 2 rings (SSSR count). The highest BCUT2D eigenvalue weighted by atomic mass is 16.5. The molecule has 2 heterocycles. The summed E-state index contributed by atoms with van der Waals surface area (Å²) in [4.78, 5) is 50.3. The Bertz CT molecular complexity index is 1120. The molecular weight excluding hydrogens is 512 g/mol. The van der Waals surface area contributed by atoms with Crippen molar-refractivity contribution in [2.75, 3.05) is 20.2 Å². The van der Waals surface area contributed by atoms with Crippen molar-refractivity contribution in [3.63, 3.8) is 0 Å². The number of hydrogen-bond acceptors (Lipinski definition) is 7. The lowest BCUT2D eigenvalue weighted by molar-refractivity contribution is 0.0872. The Morgan fingerprint density at radius 1 is 0.725 bits per heavy atom. The molecule has 0 saturated heterocycles. The number of aryl methyl sites for hydroxylation is 4. The Morgan fingerprint density at radius 2 is 1.18 bits per heavy atom. The summed E-state index contributed by atoms with van der Waals surface area (Å²) in [6.07, 6.45) is 8.77. The molecule has 0 fully saturated rings. The molecule has 0 radical (unpaired) electrons. The van der Waals surface area contributed by atoms with E-state index in [-0.39, 0.29) is 18.4 Å². The van der Waals surface area contributed by atoms with Crippen molar-refractivity contribution in [1.82, 2.24) is 29.8 Å². The van der Waals surface area contributed by atoms with Gasteiger partial charge in [-0.2, -0.15) is 10.2 Å². The lowest BCUT2D eigenvalue weighted by atomic mass is 10.1. The normalized spacial score (nSPS) is 10.9. The van der Waals surface area contributed by atoms with Crippen molar-refractivity contribution in [3.8, 4) is 0 Å². The van der Waals surface area contributed by atoms with Gasteiger partial charge in [-0.1, -0.05) is 38.5 Å². The fourth-order valence-electron chi connectivity index (χ4n) is 4.66. The number of unbranched alkanes of at least 4 members (excludes halogenated alkanes) is 8. The molecule has 0 aliphatic heterocycles. The quantitative estimate of drug-likeness (QED) is 0.260. The molecule has 0 spiro atoms. The number of ether oxygens (including phenoxy) is 1. The Labute approximate surface area is 237 Å². The van der Waals surface area contributed by atoms with Gasteiger partial charge in [0.25, 0.3) is 0 Å². The number of rotatable bonds is 16. The molecule has 0 unspecified atom stereocenters. The van der Waals surface area contributed by atoms with Gasteiger partial charge in [0.1, 0.15) is 0 Å². The average molecular weight is 559 g/mol. The first kappa shape index (κ1) is 32.7. The van der Waals surface area contributed by atoms with Crippen LogP contribution >= 0.6 is 0 Å². The summed E-state index contributed by atoms with van der Waals surface area (Å²) in [6.45, 7) is 8.26. The molecule has 2 aromatic heterocycles. The molecule has 0 saturated carbocycles. The zero-order chi connectivity index (χ0) is 29.5. The standard InChI is InChI=1S/C29H46N6O5/c1-22-20-24(3)34(31-22)26(36)16-12-8-6-10-14-18-30-28(38)33(29(39)40-5)19-15-11-7-9-13-17-27(37)35-25(4)21-23(2)32-35/h20-21H,6-19H2,1-5H3,(H,30,38). The molecule has 11 nitrogen and oxygen atoms in total. The predicted molar refractivity (Wildman–Crippen MR) is 153 cm³/mol. The van der Waals surface area contributed by atoms with Gasteiger partial charge < -0.3 is 10.1 Å². The number of imide groups is 1. The van der Waals surface area contributed by atoms with Gasteiger partial charge in [0, 0.05) is 37.3 Å². The highest BCUT2D eigenvalue weighted by molar-refractivity contribution is 5.90. The van der Waals surface area contributed by atoms with Crippen molar-refractivity contribution >= 4 is 23.9 Å². The van der Waals surface area contributed by atoms with Crippen LogP contribution in [0.15, 0.2) is 12.1 Å². The van der Waals surface area contributed by atoms with E-state index in [1.807, 2.05) is 39.8 Å². The number of aromatic nitrogens is 4. The maximum atomic E-state index is 12.5. The molecule has 0 aromatic carbocycles. The summed E-state index contributed by atoms with van der Waals surface area (Å²) in [5, 5.41) is 11.3. The van der Waals surface area contributed by atoms with Gasteiger partial charge in [-0.05, 0) is 65.5 Å². The first-order valence-corrected chi connectivity index (χ1v) is 14.4. The molecule has 40 heavy (non-hydrogen) atoms. The second-order valence-electron chi connectivity index (χ2n) is 10.4. The number of carbonyl (C=O) groups is 4. The van der Waals surface area contributed by atoms with Gasteiger partial charge in [0.05, 0.1) is 18.5 Å². The minimum absolute atomic E-state index is 0.00441. The smallest absolute Gasteiger partial charge is 0.417 e. The van der Waals surface area contributed by atoms with E-state index in [0.717, 1.165) is 85.5 Å². The van der Waals surface area contributed by atoms with Gasteiger partial charge in [-0.25, -0.2) is 23.9 Å².